The van der Waals surface area contributed by atoms with Crippen molar-refractivity contribution >= 4 is 0 Å². The summed E-state index contributed by atoms with van der Waals surface area (Å²) in [5, 5.41) is 0. The van der Waals surface area contributed by atoms with E-state index in [2.05, 4.69) is 13.8 Å². The smallest absolute Gasteiger partial charge is 0.0198 e. The molecule has 0 heteroatoms. The number of fused-ring (bicyclic) bond motifs is 2. The molecule has 0 heterocycles. The Hall–Kier alpha value is -0.260. The zero-order valence-corrected chi connectivity index (χ0v) is 6.98. The number of allylic oxidation sites excluding steroid dienone is 2. The van der Waals surface area contributed by atoms with E-state index in [9.17, 15) is 0 Å². The van der Waals surface area contributed by atoms with E-state index < -0.39 is 0 Å². The van der Waals surface area contributed by atoms with Crippen LogP contribution in [0.1, 0.15) is 39.5 Å². The highest BCUT2D eigenvalue weighted by Gasteiger charge is 2.35. The summed E-state index contributed by atoms with van der Waals surface area (Å²) < 4.78 is 0. The lowest BCUT2D eigenvalue weighted by Gasteiger charge is -2.14. The molecule has 2 saturated carbocycles. The first-order valence-electron chi connectivity index (χ1n) is 4.43. The van der Waals surface area contributed by atoms with Gasteiger partial charge in [0.25, 0.3) is 0 Å². The van der Waals surface area contributed by atoms with E-state index in [4.69, 9.17) is 0 Å². The van der Waals surface area contributed by atoms with Gasteiger partial charge in [0.05, 0.1) is 0 Å². The molecule has 0 radical (unpaired) electrons. The van der Waals surface area contributed by atoms with Crippen LogP contribution in [0.3, 0.4) is 0 Å². The van der Waals surface area contributed by atoms with Gasteiger partial charge in [-0.3, -0.25) is 0 Å². The van der Waals surface area contributed by atoms with Gasteiger partial charge in [-0.15, -0.1) is 0 Å². The van der Waals surface area contributed by atoms with E-state index in [0.717, 1.165) is 11.8 Å². The normalized spacial score (nSPS) is 37.2. The lowest BCUT2D eigenvalue weighted by molar-refractivity contribution is 0.557. The van der Waals surface area contributed by atoms with Crippen LogP contribution in [0, 0.1) is 11.8 Å². The average molecular weight is 136 g/mol. The summed E-state index contributed by atoms with van der Waals surface area (Å²) >= 11 is 0. The maximum absolute atomic E-state index is 2.27. The quantitative estimate of drug-likeness (QED) is 0.449. The Morgan fingerprint density at radius 1 is 1.30 bits per heavy atom. The molecule has 2 bridgehead atoms. The SMILES string of the molecule is CC(C)=C1C[C@@H]2CC[C@H]1C2. The lowest BCUT2D eigenvalue weighted by atomic mass is 9.92. The molecular formula is C10H16. The molecule has 0 unspecified atom stereocenters. The number of rotatable bonds is 0. The fourth-order valence-electron chi connectivity index (χ4n) is 2.67. The minimum atomic E-state index is 1.01. The minimum Gasteiger partial charge on any atom is -0.0769 e. The molecule has 56 valence electrons. The summed E-state index contributed by atoms with van der Waals surface area (Å²) in [6.07, 6.45) is 5.96. The summed E-state index contributed by atoms with van der Waals surface area (Å²) in [6, 6.07) is 0. The third-order valence-electron chi connectivity index (χ3n) is 3.18. The van der Waals surface area contributed by atoms with Crippen LogP contribution in [0.2, 0.25) is 0 Å². The first-order valence-corrected chi connectivity index (χ1v) is 4.43. The molecule has 0 aromatic heterocycles. The van der Waals surface area contributed by atoms with Gasteiger partial charge in [0, 0.05) is 0 Å². The van der Waals surface area contributed by atoms with Crippen LogP contribution < -0.4 is 0 Å². The molecule has 2 atom stereocenters. The molecule has 0 amide bonds. The lowest BCUT2D eigenvalue weighted by Crippen LogP contribution is -1.99. The van der Waals surface area contributed by atoms with Crippen molar-refractivity contribution in [3.8, 4) is 0 Å². The molecule has 2 rings (SSSR count). The van der Waals surface area contributed by atoms with Gasteiger partial charge in [0.1, 0.15) is 0 Å². The van der Waals surface area contributed by atoms with Crippen molar-refractivity contribution in [1.29, 1.82) is 0 Å². The third kappa shape index (κ3) is 0.817. The van der Waals surface area contributed by atoms with Crippen LogP contribution in [0.15, 0.2) is 11.1 Å². The summed E-state index contributed by atoms with van der Waals surface area (Å²) in [4.78, 5) is 0. The molecule has 0 saturated heterocycles. The molecule has 0 aromatic carbocycles. The Kier molecular flexibility index (Phi) is 1.36. The molecule has 0 aromatic rings. The number of hydrogen-bond acceptors (Lipinski definition) is 0. The first-order chi connectivity index (χ1) is 4.77. The zero-order valence-electron chi connectivity index (χ0n) is 6.98. The molecule has 0 aliphatic heterocycles. The van der Waals surface area contributed by atoms with Gasteiger partial charge in [-0.05, 0) is 51.4 Å². The second kappa shape index (κ2) is 2.11. The summed E-state index contributed by atoms with van der Waals surface area (Å²) in [6.45, 7) is 4.55. The molecule has 2 aliphatic rings. The average Bonchev–Trinajstić information content (AvgIpc) is 2.44. The standard InChI is InChI=1S/C10H16/c1-7(2)10-6-8-3-4-9(10)5-8/h8-9H,3-6H2,1-2H3/t8-,9+/m1/s1. The zero-order chi connectivity index (χ0) is 7.14. The number of hydrogen-bond donors (Lipinski definition) is 0. The van der Waals surface area contributed by atoms with Crippen LogP contribution >= 0.6 is 0 Å². The van der Waals surface area contributed by atoms with Crippen LogP contribution in [-0.4, -0.2) is 0 Å². The Bertz CT molecular complexity index is 172. The van der Waals surface area contributed by atoms with E-state index in [1.165, 1.54) is 25.7 Å². The van der Waals surface area contributed by atoms with Gasteiger partial charge in [0.2, 0.25) is 0 Å². The van der Waals surface area contributed by atoms with Gasteiger partial charge in [-0.25, -0.2) is 0 Å². The van der Waals surface area contributed by atoms with Crippen molar-refractivity contribution in [2.45, 2.75) is 39.5 Å². The first kappa shape index (κ1) is 6.45. The second-order valence-corrected chi connectivity index (χ2v) is 4.11. The van der Waals surface area contributed by atoms with E-state index in [-0.39, 0.29) is 0 Å². The maximum atomic E-state index is 2.27. The van der Waals surface area contributed by atoms with Crippen molar-refractivity contribution in [2.75, 3.05) is 0 Å². The van der Waals surface area contributed by atoms with Crippen molar-refractivity contribution in [3.63, 3.8) is 0 Å². The van der Waals surface area contributed by atoms with Gasteiger partial charge < -0.3 is 0 Å². The fourth-order valence-corrected chi connectivity index (χ4v) is 2.67. The Labute approximate surface area is 63.3 Å². The maximum Gasteiger partial charge on any atom is -0.0198 e. The molecule has 0 nitrogen and oxygen atoms in total. The second-order valence-electron chi connectivity index (χ2n) is 4.11. The van der Waals surface area contributed by atoms with E-state index in [1.54, 1.807) is 11.1 Å². The minimum absolute atomic E-state index is 1.01. The fraction of sp³-hybridized carbons (Fsp3) is 0.800. The highest BCUT2D eigenvalue weighted by atomic mass is 14.4. The highest BCUT2D eigenvalue weighted by Crippen LogP contribution is 2.48. The molecule has 0 N–H and O–H groups in total. The van der Waals surface area contributed by atoms with E-state index in [1.807, 2.05) is 0 Å². The Morgan fingerprint density at radius 3 is 2.40 bits per heavy atom. The van der Waals surface area contributed by atoms with Crippen LogP contribution in [0.4, 0.5) is 0 Å². The van der Waals surface area contributed by atoms with Crippen LogP contribution in [-0.2, 0) is 0 Å². The van der Waals surface area contributed by atoms with E-state index in [0.29, 0.717) is 0 Å². The van der Waals surface area contributed by atoms with Gasteiger partial charge in [-0.2, -0.15) is 0 Å². The predicted octanol–water partition coefficient (Wildman–Crippen LogP) is 3.14. The molecule has 10 heavy (non-hydrogen) atoms. The van der Waals surface area contributed by atoms with Gasteiger partial charge in [0.15, 0.2) is 0 Å². The third-order valence-corrected chi connectivity index (χ3v) is 3.18. The summed E-state index contributed by atoms with van der Waals surface area (Å²) in [5.74, 6) is 2.09. The van der Waals surface area contributed by atoms with Gasteiger partial charge >= 0.3 is 0 Å². The topological polar surface area (TPSA) is 0 Å². The molecule has 2 aliphatic carbocycles. The highest BCUT2D eigenvalue weighted by molar-refractivity contribution is 5.21. The van der Waals surface area contributed by atoms with Crippen molar-refractivity contribution < 1.29 is 0 Å². The summed E-state index contributed by atoms with van der Waals surface area (Å²) in [7, 11) is 0. The van der Waals surface area contributed by atoms with E-state index >= 15 is 0 Å². The largest absolute Gasteiger partial charge is 0.0769 e. The Balaban J connectivity index is 2.23. The molecule has 0 spiro atoms. The van der Waals surface area contributed by atoms with Crippen molar-refractivity contribution in [1.82, 2.24) is 0 Å². The van der Waals surface area contributed by atoms with Crippen LogP contribution in [0.5, 0.6) is 0 Å². The van der Waals surface area contributed by atoms with Gasteiger partial charge in [-0.1, -0.05) is 11.1 Å². The molecule has 2 fully saturated rings. The summed E-state index contributed by atoms with van der Waals surface area (Å²) in [5.41, 5.74) is 3.41. The Morgan fingerprint density at radius 2 is 2.10 bits per heavy atom. The predicted molar refractivity (Wildman–Crippen MR) is 43.8 cm³/mol. The molecular weight excluding hydrogens is 120 g/mol. The van der Waals surface area contributed by atoms with Crippen LogP contribution in [0.25, 0.3) is 0 Å². The van der Waals surface area contributed by atoms with Crippen molar-refractivity contribution in [2.24, 2.45) is 11.8 Å². The van der Waals surface area contributed by atoms with Crippen molar-refractivity contribution in [3.05, 3.63) is 11.1 Å². The monoisotopic (exact) mass is 136 g/mol.